The molecule has 2 aliphatic heterocycles. The molecule has 0 bridgehead atoms. The first kappa shape index (κ1) is 4.11. The van der Waals surface area contributed by atoms with E-state index in [1.165, 1.54) is -0.0619 Å². The van der Waals surface area contributed by atoms with Gasteiger partial charge in [-0.2, -0.15) is 0 Å². The van der Waals surface area contributed by atoms with Crippen LogP contribution >= 0.6 is 27.7 Å². The van der Waals surface area contributed by atoms with Gasteiger partial charge < -0.3 is 0 Å². The molecule has 0 aliphatic carbocycles. The molecule has 2 heterocycles. The second-order valence-corrected chi connectivity index (χ2v) is 47.9. The Balaban J connectivity index is 2.19. The molecule has 2 rings (SSSR count). The van der Waals surface area contributed by atoms with Crippen molar-refractivity contribution in [2.45, 2.75) is -0.0619 Å². The van der Waals surface area contributed by atoms with E-state index < -0.39 is 0 Å². The molecule has 0 aromatic carbocycles. The van der Waals surface area contributed by atoms with Gasteiger partial charge >= 0.3 is 49.8 Å². The van der Waals surface area contributed by atoms with E-state index in [4.69, 9.17) is 0 Å². The zero-order valence-electron chi connectivity index (χ0n) is 2.42. The predicted octanol–water partition coefficient (Wildman–Crippen LogP) is -0.979. The molecule has 0 aromatic heterocycles. The van der Waals surface area contributed by atoms with E-state index >= 15 is 0 Å². The Morgan fingerprint density at radius 1 is 1.80 bits per heavy atom. The summed E-state index contributed by atoms with van der Waals surface area (Å²) in [5.74, 6) is 0. The molecular weight excluding hydrogens is 405 g/mol. The van der Waals surface area contributed by atoms with Crippen LogP contribution in [0.4, 0.5) is 0 Å². The number of hydrogen-bond donors (Lipinski definition) is 0. The molecule has 2 fully saturated rings. The molecule has 2 aliphatic rings. The van der Waals surface area contributed by atoms with Crippen molar-refractivity contribution in [3.63, 3.8) is 0 Å². The molecule has 2 saturated heterocycles. The van der Waals surface area contributed by atoms with Gasteiger partial charge in [0.05, 0.1) is 0 Å². The van der Waals surface area contributed by atoms with E-state index in [0.717, 1.165) is 17.2 Å². The molecule has 0 N–H and O–H groups in total. The van der Waals surface area contributed by atoms with Crippen molar-refractivity contribution in [3.05, 3.63) is 4.93 Å². The number of fused-ring (bicyclic) bond motifs is 1. The zero-order chi connectivity index (χ0) is 3.44. The Morgan fingerprint density at radius 3 is 2.20 bits per heavy atom. The fourth-order valence-corrected chi connectivity index (χ4v) is 101. The van der Waals surface area contributed by atoms with Crippen LogP contribution in [0.25, 0.3) is 0 Å². The Morgan fingerprint density at radius 2 is 2.20 bits per heavy atom. The average molecular weight is 408 g/mol. The summed E-state index contributed by atoms with van der Waals surface area (Å²) in [7, 11) is 0. The first-order valence-corrected chi connectivity index (χ1v) is 19.0. The summed E-state index contributed by atoms with van der Waals surface area (Å²) in [6.45, 7) is 0. The third-order valence-corrected chi connectivity index (χ3v) is 83.3. The van der Waals surface area contributed by atoms with Crippen molar-refractivity contribution in [1.82, 2.24) is 0 Å². The van der Waals surface area contributed by atoms with Gasteiger partial charge in [-0.15, -0.1) is 0 Å². The molecule has 1 atom stereocenters. The summed E-state index contributed by atoms with van der Waals surface area (Å²) in [6, 6.07) is 0. The third kappa shape index (κ3) is 0.540. The van der Waals surface area contributed by atoms with Gasteiger partial charge in [0, 0.05) is 0 Å². The van der Waals surface area contributed by atoms with Gasteiger partial charge in [-0.05, 0) is 0 Å². The van der Waals surface area contributed by atoms with E-state index in [0.29, 0.717) is 0 Å². The third-order valence-electron chi connectivity index (χ3n) is 0.565. The quantitative estimate of drug-likeness (QED) is 0.275. The number of hydrogen-bond acceptors (Lipinski definition) is 0. The van der Waals surface area contributed by atoms with Crippen molar-refractivity contribution in [2.24, 2.45) is 0 Å². The summed E-state index contributed by atoms with van der Waals surface area (Å²) in [5.41, 5.74) is 0. The van der Waals surface area contributed by atoms with Crippen LogP contribution in [-0.4, -0.2) is -0.0619 Å². The zero-order valence-corrected chi connectivity index (χ0v) is 8.89. The second kappa shape index (κ2) is 1.12. The molecular formula is C2H3I3-2. The maximum atomic E-state index is 4.13. The fourth-order valence-electron chi connectivity index (χ4n) is 0.201. The predicted molar refractivity (Wildman–Crippen MR) is 37.2 cm³/mol. The molecule has 34 valence electrons. The Kier molecular flexibility index (Phi) is 0.922. The molecule has 0 radical (unpaired) electrons. The summed E-state index contributed by atoms with van der Waals surface area (Å²) >= 11 is 1.14. The summed E-state index contributed by atoms with van der Waals surface area (Å²) < 4.78 is 1.53. The van der Waals surface area contributed by atoms with Crippen LogP contribution in [0.1, 0.15) is 0 Å². The van der Waals surface area contributed by atoms with Crippen LogP contribution in [0.3, 0.4) is 0 Å². The normalized spacial score (nSPS) is 57.4. The number of halogens is 3. The molecule has 5 heavy (non-hydrogen) atoms. The van der Waals surface area contributed by atoms with Gasteiger partial charge in [-0.25, -0.2) is 0 Å². The summed E-state index contributed by atoms with van der Waals surface area (Å²) in [6.07, 6.45) is 0. The van der Waals surface area contributed by atoms with Gasteiger partial charge in [-0.1, -0.05) is 0 Å². The van der Waals surface area contributed by atoms with Crippen LogP contribution in [0, 0.1) is 4.93 Å². The monoisotopic (exact) mass is 408 g/mol. The fraction of sp³-hybridized carbons (Fsp3) is 0.500. The number of rotatable bonds is 0. The molecule has 0 spiro atoms. The molecule has 0 saturated carbocycles. The van der Waals surface area contributed by atoms with Crippen LogP contribution in [0.15, 0.2) is 0 Å². The van der Waals surface area contributed by atoms with Crippen molar-refractivity contribution in [3.8, 4) is 0 Å². The van der Waals surface area contributed by atoms with Gasteiger partial charge in [0.1, 0.15) is 0 Å². The first-order chi connectivity index (χ1) is 2.39. The minimum atomic E-state index is -0.0626. The van der Waals surface area contributed by atoms with Crippen molar-refractivity contribution in [1.29, 1.82) is 0 Å². The van der Waals surface area contributed by atoms with Crippen molar-refractivity contribution < 1.29 is 17.2 Å². The van der Waals surface area contributed by atoms with Crippen LogP contribution in [0.2, 0.25) is 0 Å². The summed E-state index contributed by atoms with van der Waals surface area (Å²) in [4.78, 5) is 4.13. The van der Waals surface area contributed by atoms with Crippen LogP contribution in [0.5, 0.6) is 0 Å². The maximum absolute atomic E-state index is 4.13. The topological polar surface area (TPSA) is 0 Å². The Bertz CT molecular complexity index is 56.5. The van der Waals surface area contributed by atoms with Gasteiger partial charge in [0.2, 0.25) is 0 Å². The molecule has 1 unspecified atom stereocenters. The van der Waals surface area contributed by atoms with E-state index in [1.54, 1.807) is 0 Å². The van der Waals surface area contributed by atoms with Gasteiger partial charge in [0.15, 0.2) is 0 Å². The summed E-state index contributed by atoms with van der Waals surface area (Å²) in [5, 5.41) is 0. The Hall–Kier alpha value is 2.19. The van der Waals surface area contributed by atoms with Gasteiger partial charge in [0.25, 0.3) is 0 Å². The van der Waals surface area contributed by atoms with E-state index in [2.05, 4.69) is 4.93 Å². The molecule has 3 heteroatoms. The minimum absolute atomic E-state index is 0.0626. The molecule has 0 aromatic rings. The van der Waals surface area contributed by atoms with E-state index in [1.807, 2.05) is 0 Å². The van der Waals surface area contributed by atoms with Crippen molar-refractivity contribution >= 4 is 27.7 Å². The van der Waals surface area contributed by atoms with Crippen LogP contribution < -0.4 is 17.2 Å². The second-order valence-electron chi connectivity index (χ2n) is 0.887. The van der Waals surface area contributed by atoms with Crippen molar-refractivity contribution in [2.75, 3.05) is 0 Å². The average Bonchev–Trinajstić information content (AvgIpc) is 2.11. The van der Waals surface area contributed by atoms with Gasteiger partial charge in [-0.3, -0.25) is 0 Å². The standard InChI is InChI=1S/C2H3I3/c1-4-2-3-5(2)4/h2H,1H2/q-2. The van der Waals surface area contributed by atoms with E-state index in [-0.39, 0.29) is 27.7 Å². The Labute approximate surface area is 48.6 Å². The number of alkyl halides is 3. The molecule has 0 nitrogen and oxygen atoms in total. The van der Waals surface area contributed by atoms with Crippen LogP contribution in [-0.2, 0) is 0 Å². The molecule has 0 amide bonds. The SMILES string of the molecule is [CH2-]I1C2[I-]I21. The first-order valence-electron chi connectivity index (χ1n) is 1.21. The van der Waals surface area contributed by atoms with E-state index in [9.17, 15) is 0 Å².